The van der Waals surface area contributed by atoms with Crippen LogP contribution in [-0.2, 0) is 4.79 Å². The number of carbonyl (C=O) groups excluding carboxylic acids is 1. The third kappa shape index (κ3) is 4.96. The summed E-state index contributed by atoms with van der Waals surface area (Å²) in [4.78, 5) is 18.8. The van der Waals surface area contributed by atoms with Gasteiger partial charge in [0.15, 0.2) is 0 Å². The number of hydrogen-bond donors (Lipinski definition) is 2. The molecule has 0 aromatic carbocycles. The van der Waals surface area contributed by atoms with E-state index in [4.69, 9.17) is 0 Å². The molecule has 1 saturated heterocycles. The number of amides is 1. The van der Waals surface area contributed by atoms with Crippen LogP contribution in [0.5, 0.6) is 0 Å². The Morgan fingerprint density at radius 3 is 2.64 bits per heavy atom. The van der Waals surface area contributed by atoms with Crippen LogP contribution in [0.25, 0.3) is 0 Å². The fraction of sp³-hybridized carbons (Fsp3) is 0.900. The number of piperidine rings is 1. The van der Waals surface area contributed by atoms with Gasteiger partial charge < -0.3 is 15.3 Å². The van der Waals surface area contributed by atoms with Gasteiger partial charge in [-0.25, -0.2) is 0 Å². The van der Waals surface area contributed by atoms with Crippen molar-refractivity contribution in [3.63, 3.8) is 0 Å². The molecule has 0 radical (unpaired) electrons. The highest BCUT2D eigenvalue weighted by molar-refractivity contribution is 5.78. The Bertz CT molecular complexity index is 472. The monoisotopic (exact) mass is 351 g/mol. The molecular weight excluding hydrogens is 314 g/mol. The minimum atomic E-state index is -0.822. The largest absolute Gasteiger partial charge is 0.387 e. The molecule has 2 atom stereocenters. The van der Waals surface area contributed by atoms with Crippen LogP contribution in [0.3, 0.4) is 0 Å². The molecule has 0 aromatic heterocycles. The number of nitrogens with zero attached hydrogens (tertiary/aromatic N) is 2. The molecule has 1 saturated carbocycles. The summed E-state index contributed by atoms with van der Waals surface area (Å²) in [5.41, 5.74) is -1.17. The first-order valence-corrected chi connectivity index (χ1v) is 9.94. The fourth-order valence-corrected chi connectivity index (χ4v) is 4.52. The normalized spacial score (nSPS) is 28.9. The number of nitrogens with one attached hydrogen (secondary N) is 1. The van der Waals surface area contributed by atoms with E-state index in [1.165, 1.54) is 32.1 Å². The molecule has 1 heterocycles. The van der Waals surface area contributed by atoms with E-state index in [-0.39, 0.29) is 17.2 Å². The minimum absolute atomic E-state index is 0.0930. The molecule has 2 fully saturated rings. The topological polar surface area (TPSA) is 64.9 Å². The SMILES string of the molecule is C/N=C\NCC1(O)CCN(C(=O)[C@H](C)CC2CCCCC2)CC1(C)C. The van der Waals surface area contributed by atoms with Crippen molar-refractivity contribution in [1.29, 1.82) is 0 Å². The highest BCUT2D eigenvalue weighted by Gasteiger charge is 2.48. The van der Waals surface area contributed by atoms with Crippen molar-refractivity contribution in [2.45, 2.75) is 71.3 Å². The van der Waals surface area contributed by atoms with Crippen molar-refractivity contribution in [2.24, 2.45) is 22.2 Å². The summed E-state index contributed by atoms with van der Waals surface area (Å²) in [6, 6.07) is 0. The van der Waals surface area contributed by atoms with Crippen molar-refractivity contribution in [2.75, 3.05) is 26.7 Å². The Kier molecular flexibility index (Phi) is 6.89. The first-order valence-electron chi connectivity index (χ1n) is 9.94. The van der Waals surface area contributed by atoms with E-state index < -0.39 is 5.60 Å². The summed E-state index contributed by atoms with van der Waals surface area (Å²) in [6.07, 6.45) is 9.82. The van der Waals surface area contributed by atoms with Crippen LogP contribution in [0.15, 0.2) is 4.99 Å². The Morgan fingerprint density at radius 1 is 1.36 bits per heavy atom. The predicted octanol–water partition coefficient (Wildman–Crippen LogP) is 2.83. The standard InChI is InChI=1S/C20H37N3O2/c1-16(12-17-8-6-5-7-9-17)18(24)23-11-10-20(25,13-22-15-21-4)19(2,3)14-23/h15-17,25H,5-14H2,1-4H3,(H,21,22)/t16-,20?/m1/s1. The maximum Gasteiger partial charge on any atom is 0.225 e. The van der Waals surface area contributed by atoms with E-state index in [1.807, 2.05) is 4.90 Å². The molecule has 2 aliphatic rings. The molecule has 1 aliphatic carbocycles. The molecule has 1 unspecified atom stereocenters. The van der Waals surface area contributed by atoms with Gasteiger partial charge in [-0.3, -0.25) is 9.79 Å². The summed E-state index contributed by atoms with van der Waals surface area (Å²) in [6.45, 7) is 7.92. The van der Waals surface area contributed by atoms with E-state index >= 15 is 0 Å². The second-order valence-electron chi connectivity index (χ2n) is 8.83. The number of carbonyl (C=O) groups is 1. The molecule has 144 valence electrons. The molecule has 5 nitrogen and oxygen atoms in total. The molecule has 1 amide bonds. The van der Waals surface area contributed by atoms with Gasteiger partial charge in [0.1, 0.15) is 0 Å². The lowest BCUT2D eigenvalue weighted by atomic mass is 9.69. The average Bonchev–Trinajstić information content (AvgIpc) is 2.58. The zero-order chi connectivity index (χ0) is 18.5. The van der Waals surface area contributed by atoms with Crippen molar-refractivity contribution < 1.29 is 9.90 Å². The molecule has 0 bridgehead atoms. The zero-order valence-corrected chi connectivity index (χ0v) is 16.6. The van der Waals surface area contributed by atoms with Crippen LogP contribution < -0.4 is 5.32 Å². The number of rotatable bonds is 6. The van der Waals surface area contributed by atoms with E-state index in [1.54, 1.807) is 13.4 Å². The second-order valence-corrected chi connectivity index (χ2v) is 8.83. The summed E-state index contributed by atoms with van der Waals surface area (Å²) >= 11 is 0. The molecule has 2 N–H and O–H groups in total. The Hall–Kier alpha value is -1.10. The predicted molar refractivity (Wildman–Crippen MR) is 103 cm³/mol. The number of likely N-dealkylation sites (tertiary alicyclic amines) is 1. The number of aliphatic imine (C=N–C) groups is 1. The van der Waals surface area contributed by atoms with Gasteiger partial charge in [0.05, 0.1) is 11.9 Å². The molecular formula is C20H37N3O2. The first-order chi connectivity index (χ1) is 11.8. The van der Waals surface area contributed by atoms with Crippen molar-refractivity contribution >= 4 is 12.2 Å². The van der Waals surface area contributed by atoms with Crippen molar-refractivity contribution in [1.82, 2.24) is 10.2 Å². The number of aliphatic hydroxyl groups is 1. The summed E-state index contributed by atoms with van der Waals surface area (Å²) < 4.78 is 0. The first kappa shape index (κ1) is 20.2. The highest BCUT2D eigenvalue weighted by Crippen LogP contribution is 2.39. The lowest BCUT2D eigenvalue weighted by molar-refractivity contribution is -0.153. The number of hydrogen-bond acceptors (Lipinski definition) is 3. The molecule has 0 aromatic rings. The third-order valence-corrected chi connectivity index (χ3v) is 6.40. The lowest BCUT2D eigenvalue weighted by Crippen LogP contribution is -2.62. The molecule has 0 spiro atoms. The molecule has 5 heteroatoms. The Balaban J connectivity index is 1.92. The minimum Gasteiger partial charge on any atom is -0.387 e. The molecule has 1 aliphatic heterocycles. The van der Waals surface area contributed by atoms with Gasteiger partial charge >= 0.3 is 0 Å². The highest BCUT2D eigenvalue weighted by atomic mass is 16.3. The van der Waals surface area contributed by atoms with Gasteiger partial charge in [-0.15, -0.1) is 0 Å². The Morgan fingerprint density at radius 2 is 2.04 bits per heavy atom. The smallest absolute Gasteiger partial charge is 0.225 e. The third-order valence-electron chi connectivity index (χ3n) is 6.40. The van der Waals surface area contributed by atoms with Crippen LogP contribution in [0.2, 0.25) is 0 Å². The second kappa shape index (κ2) is 8.52. The summed E-state index contributed by atoms with van der Waals surface area (Å²) in [5.74, 6) is 1.08. The maximum atomic E-state index is 12.9. The quantitative estimate of drug-likeness (QED) is 0.571. The molecule has 2 rings (SSSR count). The van der Waals surface area contributed by atoms with Gasteiger partial charge in [0.2, 0.25) is 5.91 Å². The van der Waals surface area contributed by atoms with Crippen LogP contribution >= 0.6 is 0 Å². The summed E-state index contributed by atoms with van der Waals surface area (Å²) in [5, 5.41) is 14.1. The Labute approximate surface area is 153 Å². The maximum absolute atomic E-state index is 12.9. The van der Waals surface area contributed by atoms with E-state index in [2.05, 4.69) is 31.1 Å². The summed E-state index contributed by atoms with van der Waals surface area (Å²) in [7, 11) is 1.71. The van der Waals surface area contributed by atoms with Crippen molar-refractivity contribution in [3.8, 4) is 0 Å². The van der Waals surface area contributed by atoms with E-state index in [9.17, 15) is 9.90 Å². The van der Waals surface area contributed by atoms with Gasteiger partial charge in [-0.2, -0.15) is 0 Å². The van der Waals surface area contributed by atoms with Gasteiger partial charge in [-0.1, -0.05) is 52.9 Å². The van der Waals surface area contributed by atoms with Crippen LogP contribution in [-0.4, -0.2) is 54.5 Å². The van der Waals surface area contributed by atoms with Gasteiger partial charge in [0, 0.05) is 38.0 Å². The lowest BCUT2D eigenvalue weighted by Gasteiger charge is -2.50. The van der Waals surface area contributed by atoms with Gasteiger partial charge in [-0.05, 0) is 18.8 Å². The van der Waals surface area contributed by atoms with Crippen LogP contribution in [0, 0.1) is 17.3 Å². The van der Waals surface area contributed by atoms with Crippen LogP contribution in [0.4, 0.5) is 0 Å². The van der Waals surface area contributed by atoms with E-state index in [0.29, 0.717) is 26.1 Å². The van der Waals surface area contributed by atoms with Crippen molar-refractivity contribution in [3.05, 3.63) is 0 Å². The molecule has 25 heavy (non-hydrogen) atoms. The van der Waals surface area contributed by atoms with Crippen LogP contribution in [0.1, 0.15) is 65.7 Å². The fourth-order valence-electron chi connectivity index (χ4n) is 4.52. The average molecular weight is 352 g/mol. The zero-order valence-electron chi connectivity index (χ0n) is 16.6. The van der Waals surface area contributed by atoms with E-state index in [0.717, 1.165) is 12.3 Å². The van der Waals surface area contributed by atoms with Gasteiger partial charge in [0.25, 0.3) is 0 Å².